The summed E-state index contributed by atoms with van der Waals surface area (Å²) >= 11 is 0. The van der Waals surface area contributed by atoms with Crippen molar-refractivity contribution in [3.63, 3.8) is 0 Å². The number of aromatic nitrogens is 1. The van der Waals surface area contributed by atoms with Crippen molar-refractivity contribution in [2.45, 2.75) is 6.10 Å². The maximum Gasteiger partial charge on any atom is 0.340 e. The lowest BCUT2D eigenvalue weighted by atomic mass is 10.3. The molecule has 11 heavy (non-hydrogen) atoms. The van der Waals surface area contributed by atoms with Gasteiger partial charge in [-0.1, -0.05) is 0 Å². The van der Waals surface area contributed by atoms with E-state index in [2.05, 4.69) is 9.72 Å². The summed E-state index contributed by atoms with van der Waals surface area (Å²) < 4.78 is 9.35. The van der Waals surface area contributed by atoms with Gasteiger partial charge in [0.05, 0.1) is 6.20 Å². The number of carboxylic acid groups (broad SMARTS) is 1. The molecule has 5 heteroatoms. The molecule has 0 spiro atoms. The largest absolute Gasteiger partial charge is 0.479 e. The molecule has 60 valence electrons. The second-order valence-corrected chi connectivity index (χ2v) is 1.86. The zero-order valence-corrected chi connectivity index (χ0v) is 5.85. The molecule has 0 aliphatic rings. The van der Waals surface area contributed by atoms with Gasteiger partial charge in [0.1, 0.15) is 0 Å². The van der Waals surface area contributed by atoms with E-state index >= 15 is 0 Å². The van der Waals surface area contributed by atoms with Crippen molar-refractivity contribution >= 4 is 5.97 Å². The van der Waals surface area contributed by atoms with Crippen molar-refractivity contribution in [3.8, 4) is 0 Å². The first kappa shape index (κ1) is 7.74. The topological polar surface area (TPSA) is 72.6 Å². The highest BCUT2D eigenvalue weighted by molar-refractivity contribution is 5.73. The van der Waals surface area contributed by atoms with Gasteiger partial charge in [-0.2, -0.15) is 0 Å². The Hall–Kier alpha value is -1.36. The van der Waals surface area contributed by atoms with Gasteiger partial charge < -0.3 is 14.3 Å². The van der Waals surface area contributed by atoms with E-state index in [0.29, 0.717) is 0 Å². The minimum atomic E-state index is -1.09. The molecule has 1 N–H and O–H groups in total. The highest BCUT2D eigenvalue weighted by atomic mass is 16.5. The SMILES string of the molecule is CO[C@H](C(=O)O)c1cnco1. The third kappa shape index (κ3) is 1.56. The van der Waals surface area contributed by atoms with Crippen molar-refractivity contribution in [1.29, 1.82) is 0 Å². The van der Waals surface area contributed by atoms with E-state index in [1.165, 1.54) is 13.3 Å². The Morgan fingerprint density at radius 2 is 2.64 bits per heavy atom. The molecule has 0 bridgehead atoms. The van der Waals surface area contributed by atoms with Crippen LogP contribution in [0.2, 0.25) is 0 Å². The van der Waals surface area contributed by atoms with Crippen molar-refractivity contribution in [3.05, 3.63) is 18.4 Å². The molecule has 0 amide bonds. The number of aliphatic carboxylic acids is 1. The molecule has 5 nitrogen and oxygen atoms in total. The molecule has 0 fully saturated rings. The molecule has 0 saturated heterocycles. The molecule has 1 rings (SSSR count). The molecule has 1 aromatic rings. The van der Waals surface area contributed by atoms with Gasteiger partial charge in [-0.3, -0.25) is 0 Å². The fraction of sp³-hybridized carbons (Fsp3) is 0.333. The Kier molecular flexibility index (Phi) is 2.22. The summed E-state index contributed by atoms with van der Waals surface area (Å²) in [7, 11) is 1.29. The van der Waals surface area contributed by atoms with Crippen LogP contribution in [0, 0.1) is 0 Å². The second kappa shape index (κ2) is 3.16. The smallest absolute Gasteiger partial charge is 0.340 e. The monoisotopic (exact) mass is 157 g/mol. The van der Waals surface area contributed by atoms with Crippen LogP contribution in [0.25, 0.3) is 0 Å². The van der Waals surface area contributed by atoms with Crippen molar-refractivity contribution < 1.29 is 19.1 Å². The van der Waals surface area contributed by atoms with Crippen molar-refractivity contribution in [2.75, 3.05) is 7.11 Å². The minimum absolute atomic E-state index is 0.194. The lowest BCUT2D eigenvalue weighted by molar-refractivity contribution is -0.149. The summed E-state index contributed by atoms with van der Waals surface area (Å²) in [6.07, 6.45) is 1.41. The van der Waals surface area contributed by atoms with Gasteiger partial charge in [-0.25, -0.2) is 9.78 Å². The predicted octanol–water partition coefficient (Wildman–Crippen LogP) is 0.447. The molecular formula is C6H7NO4. The maximum atomic E-state index is 10.4. The minimum Gasteiger partial charge on any atom is -0.479 e. The molecule has 1 heterocycles. The highest BCUT2D eigenvalue weighted by Crippen LogP contribution is 2.14. The number of carboxylic acids is 1. The second-order valence-electron chi connectivity index (χ2n) is 1.86. The lowest BCUT2D eigenvalue weighted by Gasteiger charge is -2.04. The fourth-order valence-electron chi connectivity index (χ4n) is 0.694. The number of methoxy groups -OCH3 is 1. The number of nitrogens with zero attached hydrogens (tertiary/aromatic N) is 1. The molecule has 0 aliphatic heterocycles. The normalized spacial score (nSPS) is 12.8. The van der Waals surface area contributed by atoms with Crippen molar-refractivity contribution in [1.82, 2.24) is 4.98 Å². The van der Waals surface area contributed by atoms with E-state index in [-0.39, 0.29) is 5.76 Å². The molecule has 0 unspecified atom stereocenters. The fourth-order valence-corrected chi connectivity index (χ4v) is 0.694. The molecule has 0 aromatic carbocycles. The number of hydrogen-bond donors (Lipinski definition) is 1. The zero-order valence-electron chi connectivity index (χ0n) is 5.85. The van der Waals surface area contributed by atoms with Crippen LogP contribution >= 0.6 is 0 Å². The molecule has 0 aliphatic carbocycles. The molecule has 1 atom stereocenters. The van der Waals surface area contributed by atoms with Crippen LogP contribution in [-0.4, -0.2) is 23.2 Å². The van der Waals surface area contributed by atoms with Gasteiger partial charge >= 0.3 is 5.97 Å². The number of rotatable bonds is 3. The third-order valence-corrected chi connectivity index (χ3v) is 1.17. The summed E-state index contributed by atoms with van der Waals surface area (Å²) in [5.74, 6) is -0.899. The Morgan fingerprint density at radius 3 is 3.00 bits per heavy atom. The quantitative estimate of drug-likeness (QED) is 0.689. The Balaban J connectivity index is 2.79. The Bertz CT molecular complexity index is 231. The lowest BCUT2D eigenvalue weighted by Crippen LogP contribution is -2.12. The van der Waals surface area contributed by atoms with E-state index < -0.39 is 12.1 Å². The van der Waals surface area contributed by atoms with Crippen LogP contribution < -0.4 is 0 Å². The molecule has 0 radical (unpaired) electrons. The molecule has 1 aromatic heterocycles. The van der Waals surface area contributed by atoms with Gasteiger partial charge in [-0.05, 0) is 0 Å². The predicted molar refractivity (Wildman–Crippen MR) is 33.9 cm³/mol. The van der Waals surface area contributed by atoms with Crippen LogP contribution in [0.3, 0.4) is 0 Å². The van der Waals surface area contributed by atoms with Gasteiger partial charge in [0.25, 0.3) is 0 Å². The van der Waals surface area contributed by atoms with Gasteiger partial charge in [0.2, 0.25) is 6.10 Å². The number of hydrogen-bond acceptors (Lipinski definition) is 4. The maximum absolute atomic E-state index is 10.4. The van der Waals surface area contributed by atoms with E-state index in [9.17, 15) is 4.79 Å². The summed E-state index contributed by atoms with van der Waals surface area (Å²) in [6, 6.07) is 0. The number of oxazole rings is 1. The first-order valence-electron chi connectivity index (χ1n) is 2.89. The van der Waals surface area contributed by atoms with Crippen LogP contribution in [0.1, 0.15) is 11.9 Å². The van der Waals surface area contributed by atoms with Crippen LogP contribution in [0.4, 0.5) is 0 Å². The summed E-state index contributed by atoms with van der Waals surface area (Å²) in [5.41, 5.74) is 0. The first-order valence-corrected chi connectivity index (χ1v) is 2.89. The van der Waals surface area contributed by atoms with Crippen molar-refractivity contribution in [2.24, 2.45) is 0 Å². The van der Waals surface area contributed by atoms with E-state index in [0.717, 1.165) is 6.39 Å². The Labute approximate surface area is 62.6 Å². The van der Waals surface area contributed by atoms with E-state index in [1.54, 1.807) is 0 Å². The number of ether oxygens (including phenoxy) is 1. The van der Waals surface area contributed by atoms with E-state index in [1.807, 2.05) is 0 Å². The van der Waals surface area contributed by atoms with Crippen LogP contribution in [0.15, 0.2) is 17.0 Å². The summed E-state index contributed by atoms with van der Waals surface area (Å²) in [5, 5.41) is 8.53. The first-order chi connectivity index (χ1) is 5.25. The average Bonchev–Trinajstić information content (AvgIpc) is 2.40. The highest BCUT2D eigenvalue weighted by Gasteiger charge is 2.21. The average molecular weight is 157 g/mol. The zero-order chi connectivity index (χ0) is 8.27. The molecule has 0 saturated carbocycles. The van der Waals surface area contributed by atoms with Crippen LogP contribution in [0.5, 0.6) is 0 Å². The van der Waals surface area contributed by atoms with Gasteiger partial charge in [0, 0.05) is 7.11 Å². The summed E-state index contributed by atoms with van der Waals surface area (Å²) in [6.45, 7) is 0. The van der Waals surface area contributed by atoms with Gasteiger partial charge in [0.15, 0.2) is 12.2 Å². The molecular weight excluding hydrogens is 150 g/mol. The Morgan fingerprint density at radius 1 is 1.91 bits per heavy atom. The summed E-state index contributed by atoms with van der Waals surface area (Å²) in [4.78, 5) is 14.0. The van der Waals surface area contributed by atoms with Gasteiger partial charge in [-0.15, -0.1) is 0 Å². The van der Waals surface area contributed by atoms with E-state index in [4.69, 9.17) is 9.52 Å². The third-order valence-electron chi connectivity index (χ3n) is 1.17. The number of carbonyl (C=O) groups is 1. The standard InChI is InChI=1S/C6H7NO4/c1-10-5(6(8)9)4-2-7-3-11-4/h2-3,5H,1H3,(H,8,9)/t5-/m0/s1. The van der Waals surface area contributed by atoms with Crippen LogP contribution in [-0.2, 0) is 9.53 Å².